The molecule has 2 saturated heterocycles. The quantitative estimate of drug-likeness (QED) is 0.776. The Morgan fingerprint density at radius 1 is 1.42 bits per heavy atom. The summed E-state index contributed by atoms with van der Waals surface area (Å²) in [6, 6.07) is -0.0793. The third-order valence-corrected chi connectivity index (χ3v) is 4.74. The van der Waals surface area contributed by atoms with Gasteiger partial charge in [0.2, 0.25) is 5.91 Å². The number of nitrogens with zero attached hydrogens (tertiary/aromatic N) is 2. The highest BCUT2D eigenvalue weighted by Crippen LogP contribution is 2.35. The number of fused-ring (bicyclic) bond motifs is 1. The molecule has 8 nitrogen and oxygen atoms in total. The van der Waals surface area contributed by atoms with Crippen LogP contribution in [-0.4, -0.2) is 67.4 Å². The van der Waals surface area contributed by atoms with Crippen LogP contribution in [0.25, 0.3) is 0 Å². The zero-order valence-corrected chi connectivity index (χ0v) is 14.2. The third-order valence-electron chi connectivity index (χ3n) is 4.74. The van der Waals surface area contributed by atoms with E-state index in [2.05, 4.69) is 10.5 Å². The van der Waals surface area contributed by atoms with Crippen LogP contribution >= 0.6 is 0 Å². The van der Waals surface area contributed by atoms with Crippen LogP contribution in [0, 0.1) is 19.8 Å². The molecule has 3 atom stereocenters. The van der Waals surface area contributed by atoms with Crippen molar-refractivity contribution in [1.82, 2.24) is 15.4 Å². The first-order valence-corrected chi connectivity index (χ1v) is 8.16. The Morgan fingerprint density at radius 3 is 2.88 bits per heavy atom. The second kappa shape index (κ2) is 6.90. The first-order chi connectivity index (χ1) is 11.5. The first kappa shape index (κ1) is 16.9. The summed E-state index contributed by atoms with van der Waals surface area (Å²) in [5.41, 5.74) is 1.06. The van der Waals surface area contributed by atoms with Crippen molar-refractivity contribution in [2.45, 2.75) is 32.4 Å². The lowest BCUT2D eigenvalue weighted by atomic mass is 10.0. The molecule has 2 amide bonds. The molecule has 0 radical (unpaired) electrons. The van der Waals surface area contributed by atoms with Gasteiger partial charge in [0.25, 0.3) is 5.91 Å². The monoisotopic (exact) mass is 337 g/mol. The maximum atomic E-state index is 12.9. The number of likely N-dealkylation sites (tertiary alicyclic amines) is 1. The number of ether oxygens (including phenoxy) is 2. The van der Waals surface area contributed by atoms with E-state index >= 15 is 0 Å². The Bertz CT molecular complexity index is 610. The molecule has 8 heteroatoms. The Morgan fingerprint density at radius 2 is 2.21 bits per heavy atom. The van der Waals surface area contributed by atoms with Crippen LogP contribution in [0.5, 0.6) is 0 Å². The van der Waals surface area contributed by atoms with E-state index in [1.165, 1.54) is 0 Å². The molecule has 0 bridgehead atoms. The van der Waals surface area contributed by atoms with Gasteiger partial charge in [0, 0.05) is 26.8 Å². The van der Waals surface area contributed by atoms with E-state index in [1.54, 1.807) is 25.9 Å². The SMILES string of the molecule is COCCNC(=O)[C@H]1CN(C(=O)c2c(C)noc2C)[C@@H]2CCO[C@H]12. The van der Waals surface area contributed by atoms with E-state index in [9.17, 15) is 9.59 Å². The van der Waals surface area contributed by atoms with E-state index in [0.717, 1.165) is 6.42 Å². The molecule has 24 heavy (non-hydrogen) atoms. The summed E-state index contributed by atoms with van der Waals surface area (Å²) in [6.07, 6.45) is 0.485. The molecule has 132 valence electrons. The lowest BCUT2D eigenvalue weighted by molar-refractivity contribution is -0.127. The van der Waals surface area contributed by atoms with Crippen LogP contribution in [0.15, 0.2) is 4.52 Å². The molecule has 2 aliphatic rings. The zero-order valence-electron chi connectivity index (χ0n) is 14.2. The zero-order chi connectivity index (χ0) is 17.3. The molecular weight excluding hydrogens is 314 g/mol. The number of hydrogen-bond acceptors (Lipinski definition) is 6. The lowest BCUT2D eigenvalue weighted by Gasteiger charge is -2.22. The van der Waals surface area contributed by atoms with Crippen LogP contribution in [0.3, 0.4) is 0 Å². The fourth-order valence-corrected chi connectivity index (χ4v) is 3.57. The molecule has 3 rings (SSSR count). The summed E-state index contributed by atoms with van der Waals surface area (Å²) in [4.78, 5) is 27.1. The van der Waals surface area contributed by atoms with Crippen molar-refractivity contribution < 1.29 is 23.6 Å². The summed E-state index contributed by atoms with van der Waals surface area (Å²) in [7, 11) is 1.59. The minimum atomic E-state index is -0.362. The highest BCUT2D eigenvalue weighted by Gasteiger charge is 2.50. The van der Waals surface area contributed by atoms with Crippen molar-refractivity contribution in [2.75, 3.05) is 33.4 Å². The number of aromatic nitrogens is 1. The van der Waals surface area contributed by atoms with Gasteiger partial charge in [-0.15, -0.1) is 0 Å². The summed E-state index contributed by atoms with van der Waals surface area (Å²) >= 11 is 0. The molecule has 1 aromatic heterocycles. The van der Waals surface area contributed by atoms with Gasteiger partial charge in [-0.3, -0.25) is 9.59 Å². The number of nitrogens with one attached hydrogen (secondary N) is 1. The van der Waals surface area contributed by atoms with Gasteiger partial charge in [0.05, 0.1) is 30.4 Å². The predicted molar refractivity (Wildman–Crippen MR) is 83.5 cm³/mol. The molecule has 0 aliphatic carbocycles. The van der Waals surface area contributed by atoms with E-state index in [0.29, 0.717) is 43.3 Å². The summed E-state index contributed by atoms with van der Waals surface area (Å²) < 4.78 is 15.8. The van der Waals surface area contributed by atoms with Gasteiger partial charge < -0.3 is 24.2 Å². The fourth-order valence-electron chi connectivity index (χ4n) is 3.57. The maximum absolute atomic E-state index is 12.9. The number of hydrogen-bond donors (Lipinski definition) is 1. The minimum absolute atomic E-state index is 0.0793. The molecular formula is C16H23N3O5. The van der Waals surface area contributed by atoms with Crippen LogP contribution in [0.1, 0.15) is 28.2 Å². The summed E-state index contributed by atoms with van der Waals surface area (Å²) in [5.74, 6) is -0.100. The number of aryl methyl sites for hydroxylation is 2. The fraction of sp³-hybridized carbons (Fsp3) is 0.688. The van der Waals surface area contributed by atoms with Crippen LogP contribution in [-0.2, 0) is 14.3 Å². The largest absolute Gasteiger partial charge is 0.383 e. The predicted octanol–water partition coefficient (Wildman–Crippen LogP) is 0.284. The number of methoxy groups -OCH3 is 1. The van der Waals surface area contributed by atoms with Crippen molar-refractivity contribution in [2.24, 2.45) is 5.92 Å². The van der Waals surface area contributed by atoms with E-state index in [4.69, 9.17) is 14.0 Å². The average Bonchev–Trinajstić information content (AvgIpc) is 3.22. The van der Waals surface area contributed by atoms with E-state index < -0.39 is 0 Å². The van der Waals surface area contributed by atoms with E-state index in [-0.39, 0.29) is 29.9 Å². The summed E-state index contributed by atoms with van der Waals surface area (Å²) in [5, 5.41) is 6.69. The standard InChI is InChI=1S/C16H23N3O5/c1-9-13(10(2)24-18-9)16(21)19-8-11(14-12(19)4-6-23-14)15(20)17-5-7-22-3/h11-12,14H,4-8H2,1-3H3,(H,17,20)/t11-,12+,14+/m0/s1. The lowest BCUT2D eigenvalue weighted by Crippen LogP contribution is -2.39. The number of carbonyl (C=O) groups excluding carboxylic acids is 2. The van der Waals surface area contributed by atoms with Gasteiger partial charge >= 0.3 is 0 Å². The first-order valence-electron chi connectivity index (χ1n) is 8.16. The third kappa shape index (κ3) is 2.91. The number of rotatable bonds is 5. The second-order valence-corrected chi connectivity index (χ2v) is 6.24. The van der Waals surface area contributed by atoms with E-state index in [1.807, 2.05) is 0 Å². The van der Waals surface area contributed by atoms with Crippen molar-refractivity contribution in [1.29, 1.82) is 0 Å². The normalized spacial score (nSPS) is 25.8. The topological polar surface area (TPSA) is 93.9 Å². The molecule has 0 spiro atoms. The van der Waals surface area contributed by atoms with Crippen molar-refractivity contribution >= 4 is 11.8 Å². The van der Waals surface area contributed by atoms with Crippen LogP contribution < -0.4 is 5.32 Å². The van der Waals surface area contributed by atoms with Gasteiger partial charge in [-0.2, -0.15) is 0 Å². The van der Waals surface area contributed by atoms with Crippen LogP contribution in [0.4, 0.5) is 0 Å². The Balaban J connectivity index is 1.76. The van der Waals surface area contributed by atoms with Crippen LogP contribution in [0.2, 0.25) is 0 Å². The number of amides is 2. The molecule has 1 aromatic rings. The molecule has 0 saturated carbocycles. The molecule has 3 heterocycles. The Hall–Kier alpha value is -1.93. The molecule has 2 aliphatic heterocycles. The van der Waals surface area contributed by atoms with Crippen molar-refractivity contribution in [3.05, 3.63) is 17.0 Å². The minimum Gasteiger partial charge on any atom is -0.383 e. The van der Waals surface area contributed by atoms with Gasteiger partial charge in [0.15, 0.2) is 0 Å². The van der Waals surface area contributed by atoms with Gasteiger partial charge in [-0.05, 0) is 20.3 Å². The molecule has 1 N–H and O–H groups in total. The molecule has 0 unspecified atom stereocenters. The van der Waals surface area contributed by atoms with Gasteiger partial charge in [-0.25, -0.2) is 0 Å². The molecule has 2 fully saturated rings. The van der Waals surface area contributed by atoms with Gasteiger partial charge in [-0.1, -0.05) is 5.16 Å². The van der Waals surface area contributed by atoms with Crippen molar-refractivity contribution in [3.63, 3.8) is 0 Å². The Kier molecular flexibility index (Phi) is 4.86. The maximum Gasteiger partial charge on any atom is 0.259 e. The van der Waals surface area contributed by atoms with Gasteiger partial charge in [0.1, 0.15) is 11.3 Å². The number of carbonyl (C=O) groups is 2. The Labute approximate surface area is 140 Å². The van der Waals surface area contributed by atoms with Crippen molar-refractivity contribution in [3.8, 4) is 0 Å². The molecule has 0 aromatic carbocycles. The average molecular weight is 337 g/mol. The highest BCUT2D eigenvalue weighted by molar-refractivity contribution is 5.97. The second-order valence-electron chi connectivity index (χ2n) is 6.24. The smallest absolute Gasteiger partial charge is 0.259 e. The highest BCUT2D eigenvalue weighted by atomic mass is 16.5. The summed E-state index contributed by atoms with van der Waals surface area (Å²) in [6.45, 7) is 5.27.